The first-order valence-electron chi connectivity index (χ1n) is 6.03. The van der Waals surface area contributed by atoms with Crippen molar-refractivity contribution in [2.45, 2.75) is 18.0 Å². The second kappa shape index (κ2) is 6.58. The number of likely N-dealkylation sites (N-methyl/N-ethyl adjacent to an activating group) is 1. The molecule has 0 aliphatic heterocycles. The fraction of sp³-hybridized carbons (Fsp3) is 0.545. The average molecular weight is 327 g/mol. The number of nitrogens with one attached hydrogen (secondary N) is 1. The van der Waals surface area contributed by atoms with Gasteiger partial charge in [-0.2, -0.15) is 17.5 Å². The lowest BCUT2D eigenvalue weighted by Crippen LogP contribution is -2.30. The molecule has 0 radical (unpaired) electrons. The Labute approximate surface area is 120 Å². The summed E-state index contributed by atoms with van der Waals surface area (Å²) >= 11 is 0. The van der Waals surface area contributed by atoms with E-state index in [1.165, 1.54) is 0 Å². The summed E-state index contributed by atoms with van der Waals surface area (Å²) in [6.07, 6.45) is -3.87. The molecule has 0 saturated heterocycles. The van der Waals surface area contributed by atoms with Gasteiger partial charge < -0.3 is 10.4 Å². The SMILES string of the molecule is CCNc1ncc(S(=O)(=O)N(C)CCO)cc1C(F)(F)F. The summed E-state index contributed by atoms with van der Waals surface area (Å²) < 4.78 is 63.8. The molecule has 0 aromatic carbocycles. The first kappa shape index (κ1) is 17.7. The molecule has 6 nitrogen and oxygen atoms in total. The van der Waals surface area contributed by atoms with E-state index in [4.69, 9.17) is 5.11 Å². The number of aliphatic hydroxyl groups excluding tert-OH is 1. The Morgan fingerprint density at radius 1 is 1.43 bits per heavy atom. The van der Waals surface area contributed by atoms with E-state index in [0.717, 1.165) is 17.5 Å². The van der Waals surface area contributed by atoms with Crippen molar-refractivity contribution in [3.05, 3.63) is 17.8 Å². The molecule has 0 aliphatic rings. The van der Waals surface area contributed by atoms with E-state index in [-0.39, 0.29) is 13.1 Å². The Morgan fingerprint density at radius 2 is 2.05 bits per heavy atom. The average Bonchev–Trinajstić information content (AvgIpc) is 2.38. The smallest absolute Gasteiger partial charge is 0.395 e. The number of aromatic nitrogens is 1. The Kier molecular flexibility index (Phi) is 5.54. The number of hydrogen-bond donors (Lipinski definition) is 2. The second-order valence-electron chi connectivity index (χ2n) is 4.15. The zero-order chi connectivity index (χ0) is 16.3. The van der Waals surface area contributed by atoms with Crippen LogP contribution in [0.1, 0.15) is 12.5 Å². The van der Waals surface area contributed by atoms with Crippen LogP contribution in [0.5, 0.6) is 0 Å². The zero-order valence-corrected chi connectivity index (χ0v) is 12.3. The van der Waals surface area contributed by atoms with Gasteiger partial charge in [-0.05, 0) is 13.0 Å². The number of nitrogens with zero attached hydrogens (tertiary/aromatic N) is 2. The molecule has 120 valence electrons. The van der Waals surface area contributed by atoms with Gasteiger partial charge in [0, 0.05) is 26.3 Å². The van der Waals surface area contributed by atoms with Crippen LogP contribution in [0.25, 0.3) is 0 Å². The molecule has 0 bridgehead atoms. The molecule has 10 heteroatoms. The molecular formula is C11H16F3N3O3S. The van der Waals surface area contributed by atoms with E-state index in [2.05, 4.69) is 10.3 Å². The third-order valence-corrected chi connectivity index (χ3v) is 4.46. The molecule has 1 aromatic heterocycles. The maximum absolute atomic E-state index is 13.0. The van der Waals surface area contributed by atoms with E-state index >= 15 is 0 Å². The predicted octanol–water partition coefficient (Wildman–Crippen LogP) is 1.14. The van der Waals surface area contributed by atoms with Gasteiger partial charge in [0.1, 0.15) is 10.7 Å². The zero-order valence-electron chi connectivity index (χ0n) is 11.5. The number of sulfonamides is 1. The Hall–Kier alpha value is -1.39. The quantitative estimate of drug-likeness (QED) is 0.819. The lowest BCUT2D eigenvalue weighted by Gasteiger charge is -2.18. The van der Waals surface area contributed by atoms with Crippen LogP contribution in [0.15, 0.2) is 17.2 Å². The van der Waals surface area contributed by atoms with Gasteiger partial charge in [-0.3, -0.25) is 0 Å². The summed E-state index contributed by atoms with van der Waals surface area (Å²) in [7, 11) is -2.97. The number of pyridine rings is 1. The summed E-state index contributed by atoms with van der Waals surface area (Å²) in [5.74, 6) is -0.422. The topological polar surface area (TPSA) is 82.5 Å². The first-order chi connectivity index (χ1) is 9.64. The highest BCUT2D eigenvalue weighted by Gasteiger charge is 2.36. The van der Waals surface area contributed by atoms with Crippen LogP contribution in [0.3, 0.4) is 0 Å². The van der Waals surface area contributed by atoms with Crippen LogP contribution in [-0.2, 0) is 16.2 Å². The Morgan fingerprint density at radius 3 is 2.52 bits per heavy atom. The van der Waals surface area contributed by atoms with Crippen LogP contribution in [-0.4, -0.2) is 49.6 Å². The van der Waals surface area contributed by atoms with Gasteiger partial charge >= 0.3 is 6.18 Å². The normalized spacial score (nSPS) is 12.7. The van der Waals surface area contributed by atoms with E-state index in [9.17, 15) is 21.6 Å². The van der Waals surface area contributed by atoms with Crippen LogP contribution in [0.2, 0.25) is 0 Å². The molecule has 1 rings (SSSR count). The van der Waals surface area contributed by atoms with Crippen molar-refractivity contribution in [3.63, 3.8) is 0 Å². The third-order valence-electron chi connectivity index (χ3n) is 2.64. The van der Waals surface area contributed by atoms with Gasteiger partial charge in [0.2, 0.25) is 10.0 Å². The summed E-state index contributed by atoms with van der Waals surface area (Å²) in [6, 6.07) is 0.536. The highest BCUT2D eigenvalue weighted by atomic mass is 32.2. The standard InChI is InChI=1S/C11H16F3N3O3S/c1-3-15-10-9(11(12,13)14)6-8(7-16-10)21(19,20)17(2)4-5-18/h6-7,18H,3-5H2,1-2H3,(H,15,16). The van der Waals surface area contributed by atoms with Crippen molar-refractivity contribution >= 4 is 15.8 Å². The molecule has 2 N–H and O–H groups in total. The molecule has 0 aliphatic carbocycles. The maximum Gasteiger partial charge on any atom is 0.419 e. The fourth-order valence-electron chi connectivity index (χ4n) is 1.55. The molecule has 21 heavy (non-hydrogen) atoms. The van der Waals surface area contributed by atoms with Gasteiger partial charge in [-0.25, -0.2) is 13.4 Å². The summed E-state index contributed by atoms with van der Waals surface area (Å²) in [4.78, 5) is 2.97. The van der Waals surface area contributed by atoms with Crippen LogP contribution in [0.4, 0.5) is 19.0 Å². The summed E-state index contributed by atoms with van der Waals surface area (Å²) in [5, 5.41) is 11.2. The lowest BCUT2D eigenvalue weighted by atomic mass is 10.2. The molecule has 0 spiro atoms. The number of aliphatic hydroxyl groups is 1. The molecule has 1 aromatic rings. The maximum atomic E-state index is 13.0. The van der Waals surface area contributed by atoms with E-state index in [0.29, 0.717) is 6.07 Å². The van der Waals surface area contributed by atoms with Crippen molar-refractivity contribution in [2.75, 3.05) is 32.1 Å². The van der Waals surface area contributed by atoms with Crippen molar-refractivity contribution in [3.8, 4) is 0 Å². The molecular weight excluding hydrogens is 311 g/mol. The lowest BCUT2D eigenvalue weighted by molar-refractivity contribution is -0.137. The highest BCUT2D eigenvalue weighted by Crippen LogP contribution is 2.35. The number of alkyl halides is 3. The first-order valence-corrected chi connectivity index (χ1v) is 7.47. The fourth-order valence-corrected chi connectivity index (χ4v) is 2.69. The van der Waals surface area contributed by atoms with Crippen LogP contribution >= 0.6 is 0 Å². The number of anilines is 1. The minimum absolute atomic E-state index is 0.215. The number of rotatable bonds is 6. The Balaban J connectivity index is 3.35. The van der Waals surface area contributed by atoms with Gasteiger partial charge in [0.15, 0.2) is 0 Å². The summed E-state index contributed by atoms with van der Waals surface area (Å²) in [5.41, 5.74) is -1.15. The highest BCUT2D eigenvalue weighted by molar-refractivity contribution is 7.89. The molecule has 0 saturated carbocycles. The van der Waals surface area contributed by atoms with Gasteiger partial charge in [-0.15, -0.1) is 0 Å². The summed E-state index contributed by atoms with van der Waals surface area (Å²) in [6.45, 7) is 1.15. The van der Waals surface area contributed by atoms with Gasteiger partial charge in [0.25, 0.3) is 0 Å². The van der Waals surface area contributed by atoms with Crippen molar-refractivity contribution in [1.82, 2.24) is 9.29 Å². The number of halogens is 3. The van der Waals surface area contributed by atoms with Crippen LogP contribution < -0.4 is 5.32 Å². The second-order valence-corrected chi connectivity index (χ2v) is 6.19. The minimum atomic E-state index is -4.73. The van der Waals surface area contributed by atoms with E-state index in [1.807, 2.05) is 0 Å². The minimum Gasteiger partial charge on any atom is -0.395 e. The van der Waals surface area contributed by atoms with Crippen molar-refractivity contribution in [1.29, 1.82) is 0 Å². The third kappa shape index (κ3) is 4.05. The molecule has 1 heterocycles. The molecule has 0 atom stereocenters. The van der Waals surface area contributed by atoms with E-state index in [1.54, 1.807) is 6.92 Å². The number of hydrogen-bond acceptors (Lipinski definition) is 5. The Bertz CT molecular complexity index is 590. The van der Waals surface area contributed by atoms with Crippen LogP contribution in [0, 0.1) is 0 Å². The molecule has 0 amide bonds. The largest absolute Gasteiger partial charge is 0.419 e. The van der Waals surface area contributed by atoms with E-state index < -0.39 is 39.1 Å². The van der Waals surface area contributed by atoms with Gasteiger partial charge in [-0.1, -0.05) is 0 Å². The van der Waals surface area contributed by atoms with Crippen molar-refractivity contribution < 1.29 is 26.7 Å². The molecule has 0 unspecified atom stereocenters. The monoisotopic (exact) mass is 327 g/mol. The van der Waals surface area contributed by atoms with Crippen molar-refractivity contribution in [2.24, 2.45) is 0 Å². The molecule has 0 fully saturated rings. The predicted molar refractivity (Wildman–Crippen MR) is 70.3 cm³/mol. The van der Waals surface area contributed by atoms with Gasteiger partial charge in [0.05, 0.1) is 12.2 Å².